The van der Waals surface area contributed by atoms with Gasteiger partial charge in [0.25, 0.3) is 0 Å². The first kappa shape index (κ1) is 21.7. The molecule has 0 saturated carbocycles. The van der Waals surface area contributed by atoms with Crippen LogP contribution in [0.5, 0.6) is 5.75 Å². The third-order valence-corrected chi connectivity index (χ3v) is 4.59. The number of unbranched alkanes of at least 4 members (excludes halogenated alkanes) is 1. The second-order valence-corrected chi connectivity index (χ2v) is 6.81. The number of alkyl halides is 2. The second kappa shape index (κ2) is 8.81. The van der Waals surface area contributed by atoms with Gasteiger partial charge in [0.15, 0.2) is 17.5 Å². The molecular weight excluding hydrogens is 406 g/mol. The van der Waals surface area contributed by atoms with Gasteiger partial charge in [-0.1, -0.05) is 43.7 Å². The Morgan fingerprint density at radius 1 is 0.767 bits per heavy atom. The Morgan fingerprint density at radius 3 is 1.93 bits per heavy atom. The smallest absolute Gasteiger partial charge is 0.429 e. The highest BCUT2D eigenvalue weighted by atomic mass is 19.3. The quantitative estimate of drug-likeness (QED) is 0.284. The van der Waals surface area contributed by atoms with Gasteiger partial charge in [-0.05, 0) is 41.7 Å². The van der Waals surface area contributed by atoms with E-state index in [-0.39, 0.29) is 12.1 Å². The van der Waals surface area contributed by atoms with Crippen LogP contribution in [0, 0.1) is 23.3 Å². The van der Waals surface area contributed by atoms with Gasteiger partial charge in [-0.15, -0.1) is 0 Å². The first-order valence-electron chi connectivity index (χ1n) is 9.32. The standard InChI is InChI=1S/C23H18F6O/c1-2-3-4-14-5-7-15(8-6-14)16-9-10-18(19(24)11-16)23(28,29)30-17-12-20(25)22(27)21(26)13-17/h5-13H,2-4H2,1H3. The summed E-state index contributed by atoms with van der Waals surface area (Å²) < 4.78 is 86.9. The predicted octanol–water partition coefficient (Wildman–Crippen LogP) is 7.38. The highest BCUT2D eigenvalue weighted by Gasteiger charge is 2.38. The van der Waals surface area contributed by atoms with Crippen LogP contribution in [0.1, 0.15) is 30.9 Å². The van der Waals surface area contributed by atoms with Crippen molar-refractivity contribution in [1.29, 1.82) is 0 Å². The van der Waals surface area contributed by atoms with E-state index in [0.29, 0.717) is 11.1 Å². The Bertz CT molecular complexity index is 1010. The average molecular weight is 424 g/mol. The van der Waals surface area contributed by atoms with E-state index in [2.05, 4.69) is 11.7 Å². The number of aryl methyl sites for hydroxylation is 1. The number of rotatable bonds is 7. The lowest BCUT2D eigenvalue weighted by Crippen LogP contribution is -2.23. The van der Waals surface area contributed by atoms with Gasteiger partial charge in [0.2, 0.25) is 0 Å². The Kier molecular flexibility index (Phi) is 6.39. The second-order valence-electron chi connectivity index (χ2n) is 6.81. The summed E-state index contributed by atoms with van der Waals surface area (Å²) in [6.07, 6.45) is -1.22. The zero-order chi connectivity index (χ0) is 21.9. The molecule has 0 saturated heterocycles. The normalized spacial score (nSPS) is 11.6. The molecule has 0 radical (unpaired) electrons. The van der Waals surface area contributed by atoms with Gasteiger partial charge in [-0.25, -0.2) is 17.6 Å². The topological polar surface area (TPSA) is 9.23 Å². The zero-order valence-corrected chi connectivity index (χ0v) is 16.0. The van der Waals surface area contributed by atoms with Gasteiger partial charge < -0.3 is 4.74 Å². The van der Waals surface area contributed by atoms with Gasteiger partial charge in [-0.3, -0.25) is 0 Å². The van der Waals surface area contributed by atoms with Crippen LogP contribution < -0.4 is 4.74 Å². The molecule has 0 amide bonds. The molecule has 0 bridgehead atoms. The maximum Gasteiger partial charge on any atom is 0.429 e. The van der Waals surface area contributed by atoms with E-state index in [9.17, 15) is 26.3 Å². The van der Waals surface area contributed by atoms with E-state index < -0.39 is 40.7 Å². The van der Waals surface area contributed by atoms with Crippen molar-refractivity contribution in [2.24, 2.45) is 0 Å². The summed E-state index contributed by atoms with van der Waals surface area (Å²) >= 11 is 0. The van der Waals surface area contributed by atoms with E-state index in [1.165, 1.54) is 6.07 Å². The first-order chi connectivity index (χ1) is 14.2. The van der Waals surface area contributed by atoms with Crippen LogP contribution in [0.4, 0.5) is 26.3 Å². The highest BCUT2D eigenvalue weighted by Crippen LogP contribution is 2.35. The van der Waals surface area contributed by atoms with Crippen molar-refractivity contribution in [1.82, 2.24) is 0 Å². The molecule has 0 spiro atoms. The van der Waals surface area contributed by atoms with Crippen molar-refractivity contribution in [3.8, 4) is 16.9 Å². The molecule has 7 heteroatoms. The number of ether oxygens (including phenoxy) is 1. The van der Waals surface area contributed by atoms with Crippen LogP contribution in [-0.2, 0) is 12.5 Å². The lowest BCUT2D eigenvalue weighted by molar-refractivity contribution is -0.187. The minimum atomic E-state index is -4.23. The summed E-state index contributed by atoms with van der Waals surface area (Å²) in [4.78, 5) is 0. The van der Waals surface area contributed by atoms with E-state index in [0.717, 1.165) is 37.0 Å². The van der Waals surface area contributed by atoms with E-state index in [1.54, 1.807) is 12.1 Å². The molecule has 0 fully saturated rings. The minimum Gasteiger partial charge on any atom is -0.429 e. The molecule has 0 unspecified atom stereocenters. The van der Waals surface area contributed by atoms with Gasteiger partial charge in [-0.2, -0.15) is 8.78 Å². The molecule has 3 aromatic rings. The van der Waals surface area contributed by atoms with Crippen LogP contribution >= 0.6 is 0 Å². The van der Waals surface area contributed by atoms with Crippen molar-refractivity contribution in [3.05, 3.63) is 89.0 Å². The van der Waals surface area contributed by atoms with Crippen molar-refractivity contribution < 1.29 is 31.1 Å². The third-order valence-electron chi connectivity index (χ3n) is 4.59. The lowest BCUT2D eigenvalue weighted by atomic mass is 10.00. The highest BCUT2D eigenvalue weighted by molar-refractivity contribution is 5.64. The number of hydrogen-bond acceptors (Lipinski definition) is 1. The van der Waals surface area contributed by atoms with Crippen LogP contribution in [-0.4, -0.2) is 0 Å². The van der Waals surface area contributed by atoms with Crippen LogP contribution in [0.2, 0.25) is 0 Å². The van der Waals surface area contributed by atoms with Crippen molar-refractivity contribution in [2.75, 3.05) is 0 Å². The first-order valence-corrected chi connectivity index (χ1v) is 9.32. The largest absolute Gasteiger partial charge is 0.429 e. The Labute approximate surface area is 169 Å². The minimum absolute atomic E-state index is 0.263. The summed E-state index contributed by atoms with van der Waals surface area (Å²) in [5.41, 5.74) is 1.04. The molecule has 30 heavy (non-hydrogen) atoms. The lowest BCUT2D eigenvalue weighted by Gasteiger charge is -2.19. The Balaban J connectivity index is 1.83. The van der Waals surface area contributed by atoms with Crippen LogP contribution in [0.3, 0.4) is 0 Å². The molecule has 0 aliphatic heterocycles. The van der Waals surface area contributed by atoms with Crippen molar-refractivity contribution in [3.63, 3.8) is 0 Å². The molecular formula is C23H18F6O. The summed E-state index contributed by atoms with van der Waals surface area (Å²) in [7, 11) is 0. The predicted molar refractivity (Wildman–Crippen MR) is 101 cm³/mol. The SMILES string of the molecule is CCCCc1ccc(-c2ccc(C(F)(F)Oc3cc(F)c(F)c(F)c3)c(F)c2)cc1. The maximum atomic E-state index is 14.4. The summed E-state index contributed by atoms with van der Waals surface area (Å²) in [6.45, 7) is 2.08. The van der Waals surface area contributed by atoms with Gasteiger partial charge >= 0.3 is 6.11 Å². The molecule has 0 atom stereocenters. The molecule has 0 aliphatic carbocycles. The number of benzene rings is 3. The fourth-order valence-corrected chi connectivity index (χ4v) is 2.97. The van der Waals surface area contributed by atoms with Crippen molar-refractivity contribution in [2.45, 2.75) is 32.3 Å². The zero-order valence-electron chi connectivity index (χ0n) is 16.0. The molecule has 158 valence electrons. The molecule has 0 heterocycles. The Morgan fingerprint density at radius 2 is 1.37 bits per heavy atom. The maximum absolute atomic E-state index is 14.4. The number of halogens is 6. The monoisotopic (exact) mass is 424 g/mol. The summed E-state index contributed by atoms with van der Waals surface area (Å²) in [5.74, 6) is -7.43. The van der Waals surface area contributed by atoms with Gasteiger partial charge in [0.1, 0.15) is 11.6 Å². The summed E-state index contributed by atoms with van der Waals surface area (Å²) in [6, 6.07) is 10.9. The molecule has 0 N–H and O–H groups in total. The van der Waals surface area contributed by atoms with E-state index in [1.807, 2.05) is 12.1 Å². The molecule has 3 aromatic carbocycles. The summed E-state index contributed by atoms with van der Waals surface area (Å²) in [5, 5.41) is 0. The van der Waals surface area contributed by atoms with Crippen LogP contribution in [0.25, 0.3) is 11.1 Å². The third kappa shape index (κ3) is 4.78. The fourth-order valence-electron chi connectivity index (χ4n) is 2.97. The molecule has 0 aromatic heterocycles. The van der Waals surface area contributed by atoms with Gasteiger partial charge in [0, 0.05) is 12.1 Å². The Hall–Kier alpha value is -2.96. The van der Waals surface area contributed by atoms with Crippen molar-refractivity contribution >= 4 is 0 Å². The van der Waals surface area contributed by atoms with Crippen LogP contribution in [0.15, 0.2) is 54.6 Å². The van der Waals surface area contributed by atoms with E-state index in [4.69, 9.17) is 0 Å². The molecule has 1 nitrogen and oxygen atoms in total. The number of hydrogen-bond donors (Lipinski definition) is 0. The average Bonchev–Trinajstić information content (AvgIpc) is 2.70. The van der Waals surface area contributed by atoms with E-state index >= 15 is 0 Å². The fraction of sp³-hybridized carbons (Fsp3) is 0.217. The molecule has 0 aliphatic rings. The van der Waals surface area contributed by atoms with Gasteiger partial charge in [0.05, 0.1) is 5.56 Å². The molecule has 3 rings (SSSR count).